The van der Waals surface area contributed by atoms with Crippen molar-refractivity contribution in [1.29, 1.82) is 0 Å². The molecule has 78 valence electrons. The molecular weight excluding hydrogens is 178 g/mol. The lowest BCUT2D eigenvalue weighted by molar-refractivity contribution is 0.0443. The topological polar surface area (TPSA) is 41.1 Å². The van der Waals surface area contributed by atoms with Gasteiger partial charge in [0.05, 0.1) is 12.3 Å². The number of hydrogen-bond acceptors (Lipinski definition) is 3. The monoisotopic (exact) mass is 195 g/mol. The minimum atomic E-state index is 0.411. The summed E-state index contributed by atoms with van der Waals surface area (Å²) < 4.78 is 5.42. The fraction of sp³-hybridized carbons (Fsp3) is 0.700. The van der Waals surface area contributed by atoms with E-state index < -0.39 is 0 Å². The number of piperidine rings is 1. The zero-order chi connectivity index (χ0) is 9.97. The van der Waals surface area contributed by atoms with Crippen molar-refractivity contribution in [3.63, 3.8) is 0 Å². The molecule has 0 aliphatic carbocycles. The fourth-order valence-corrected chi connectivity index (χ4v) is 2.12. The van der Waals surface area contributed by atoms with Crippen molar-refractivity contribution in [1.82, 2.24) is 10.2 Å². The van der Waals surface area contributed by atoms with E-state index in [1.54, 1.807) is 13.3 Å². The van der Waals surface area contributed by atoms with E-state index in [0.717, 1.165) is 25.3 Å². The molecule has 0 amide bonds. The summed E-state index contributed by atoms with van der Waals surface area (Å²) in [5.74, 6) is 1.70. The number of hydrogen-bond donors (Lipinski definition) is 1. The Balaban J connectivity index is 1.99. The fourth-order valence-electron chi connectivity index (χ4n) is 2.12. The van der Waals surface area contributed by atoms with E-state index in [0.29, 0.717) is 12.0 Å². The lowest BCUT2D eigenvalue weighted by atomic mass is 9.96. The molecule has 2 heterocycles. The van der Waals surface area contributed by atoms with Crippen LogP contribution in [0.3, 0.4) is 0 Å². The second-order valence-electron chi connectivity index (χ2n) is 3.93. The van der Waals surface area contributed by atoms with Gasteiger partial charge in [0, 0.05) is 26.3 Å². The molecule has 0 saturated carbocycles. The lowest BCUT2D eigenvalue weighted by Crippen LogP contribution is -2.42. The smallest absolute Gasteiger partial charge is 0.123 e. The zero-order valence-corrected chi connectivity index (χ0v) is 8.73. The first-order chi connectivity index (χ1) is 6.81. The maximum Gasteiger partial charge on any atom is 0.123 e. The standard InChI is InChI=1S/C10H17N3O/c1-8-7-13(6-4-9(8)14-2)10-3-5-11-12-10/h3,5,8-9H,4,6-7H2,1-2H3,(H,11,12). The number of anilines is 1. The van der Waals surface area contributed by atoms with Crippen molar-refractivity contribution in [3.8, 4) is 0 Å². The molecule has 1 N–H and O–H groups in total. The number of nitrogens with zero attached hydrogens (tertiary/aromatic N) is 2. The predicted molar refractivity (Wildman–Crippen MR) is 55.4 cm³/mol. The van der Waals surface area contributed by atoms with Gasteiger partial charge in [-0.25, -0.2) is 0 Å². The Labute approximate surface area is 84.3 Å². The number of aromatic nitrogens is 2. The van der Waals surface area contributed by atoms with E-state index in [1.165, 1.54) is 0 Å². The highest BCUT2D eigenvalue weighted by molar-refractivity contribution is 5.37. The molecule has 1 fully saturated rings. The van der Waals surface area contributed by atoms with Crippen molar-refractivity contribution in [2.24, 2.45) is 5.92 Å². The van der Waals surface area contributed by atoms with Gasteiger partial charge in [0.1, 0.15) is 5.82 Å². The molecule has 0 spiro atoms. The second kappa shape index (κ2) is 4.00. The molecule has 4 nitrogen and oxygen atoms in total. The van der Waals surface area contributed by atoms with Crippen LogP contribution >= 0.6 is 0 Å². The van der Waals surface area contributed by atoms with Crippen molar-refractivity contribution < 1.29 is 4.74 Å². The third-order valence-corrected chi connectivity index (χ3v) is 2.96. The molecule has 0 aromatic carbocycles. The van der Waals surface area contributed by atoms with Crippen LogP contribution in [0.2, 0.25) is 0 Å². The van der Waals surface area contributed by atoms with E-state index in [-0.39, 0.29) is 0 Å². The zero-order valence-electron chi connectivity index (χ0n) is 8.73. The van der Waals surface area contributed by atoms with Crippen LogP contribution in [0.15, 0.2) is 12.3 Å². The van der Waals surface area contributed by atoms with Crippen LogP contribution in [0, 0.1) is 5.92 Å². The molecule has 1 aromatic heterocycles. The lowest BCUT2D eigenvalue weighted by Gasteiger charge is -2.36. The SMILES string of the molecule is COC1CCN(c2ccn[nH]2)CC1C. The van der Waals surface area contributed by atoms with E-state index in [1.807, 2.05) is 6.07 Å². The summed E-state index contributed by atoms with van der Waals surface area (Å²) in [5, 5.41) is 6.96. The molecule has 2 unspecified atom stereocenters. The Morgan fingerprint density at radius 1 is 1.64 bits per heavy atom. The van der Waals surface area contributed by atoms with Crippen LogP contribution in [-0.4, -0.2) is 36.5 Å². The number of methoxy groups -OCH3 is 1. The molecule has 1 aliphatic rings. The molecule has 0 bridgehead atoms. The Morgan fingerprint density at radius 3 is 3.07 bits per heavy atom. The van der Waals surface area contributed by atoms with Crippen molar-refractivity contribution >= 4 is 5.82 Å². The first-order valence-electron chi connectivity index (χ1n) is 5.08. The van der Waals surface area contributed by atoms with Crippen LogP contribution in [0.4, 0.5) is 5.82 Å². The van der Waals surface area contributed by atoms with Gasteiger partial charge < -0.3 is 9.64 Å². The largest absolute Gasteiger partial charge is 0.381 e. The molecule has 4 heteroatoms. The number of rotatable bonds is 2. The predicted octanol–water partition coefficient (Wildman–Crippen LogP) is 1.27. The van der Waals surface area contributed by atoms with Gasteiger partial charge in [-0.1, -0.05) is 6.92 Å². The molecule has 0 radical (unpaired) electrons. The maximum absolute atomic E-state index is 5.42. The summed E-state index contributed by atoms with van der Waals surface area (Å²) >= 11 is 0. The van der Waals surface area contributed by atoms with Crippen LogP contribution in [-0.2, 0) is 4.74 Å². The molecule has 1 saturated heterocycles. The maximum atomic E-state index is 5.42. The number of nitrogens with one attached hydrogen (secondary N) is 1. The van der Waals surface area contributed by atoms with E-state index in [4.69, 9.17) is 4.74 Å². The molecule has 1 aliphatic heterocycles. The average Bonchev–Trinajstić information content (AvgIpc) is 2.70. The molecule has 2 atom stereocenters. The summed E-state index contributed by atoms with van der Waals surface area (Å²) in [7, 11) is 1.80. The minimum absolute atomic E-state index is 0.411. The van der Waals surface area contributed by atoms with Gasteiger partial charge in [-0.2, -0.15) is 5.10 Å². The Kier molecular flexibility index (Phi) is 2.72. The van der Waals surface area contributed by atoms with Crippen LogP contribution in [0.25, 0.3) is 0 Å². The highest BCUT2D eigenvalue weighted by Gasteiger charge is 2.26. The van der Waals surface area contributed by atoms with Gasteiger partial charge in [-0.05, 0) is 12.3 Å². The summed E-state index contributed by atoms with van der Waals surface area (Å²) in [6, 6.07) is 2.01. The number of H-pyrrole nitrogens is 1. The highest BCUT2D eigenvalue weighted by atomic mass is 16.5. The third-order valence-electron chi connectivity index (χ3n) is 2.96. The first-order valence-corrected chi connectivity index (χ1v) is 5.08. The average molecular weight is 195 g/mol. The highest BCUT2D eigenvalue weighted by Crippen LogP contribution is 2.22. The van der Waals surface area contributed by atoms with E-state index in [9.17, 15) is 0 Å². The third kappa shape index (κ3) is 1.75. The minimum Gasteiger partial charge on any atom is -0.381 e. The number of aromatic amines is 1. The molecular formula is C10H17N3O. The van der Waals surface area contributed by atoms with Gasteiger partial charge >= 0.3 is 0 Å². The van der Waals surface area contributed by atoms with Crippen molar-refractivity contribution in [3.05, 3.63) is 12.3 Å². The Bertz CT molecular complexity index is 273. The van der Waals surface area contributed by atoms with Gasteiger partial charge in [0.25, 0.3) is 0 Å². The molecule has 1 aromatic rings. The van der Waals surface area contributed by atoms with Crippen molar-refractivity contribution in [2.45, 2.75) is 19.4 Å². The first kappa shape index (κ1) is 9.52. The van der Waals surface area contributed by atoms with Crippen molar-refractivity contribution in [2.75, 3.05) is 25.1 Å². The second-order valence-corrected chi connectivity index (χ2v) is 3.93. The molecule has 14 heavy (non-hydrogen) atoms. The Morgan fingerprint density at radius 2 is 2.50 bits per heavy atom. The quantitative estimate of drug-likeness (QED) is 0.772. The summed E-state index contributed by atoms with van der Waals surface area (Å²) in [6.45, 7) is 4.32. The number of ether oxygens (including phenoxy) is 1. The van der Waals surface area contributed by atoms with Crippen LogP contribution in [0.1, 0.15) is 13.3 Å². The van der Waals surface area contributed by atoms with Gasteiger partial charge in [0.2, 0.25) is 0 Å². The van der Waals surface area contributed by atoms with Gasteiger partial charge in [-0.3, -0.25) is 5.10 Å². The van der Waals surface area contributed by atoms with Gasteiger partial charge in [0.15, 0.2) is 0 Å². The summed E-state index contributed by atoms with van der Waals surface area (Å²) in [6.07, 6.45) is 3.30. The molecule has 2 rings (SSSR count). The van der Waals surface area contributed by atoms with Gasteiger partial charge in [-0.15, -0.1) is 0 Å². The van der Waals surface area contributed by atoms with E-state index >= 15 is 0 Å². The Hall–Kier alpha value is -1.03. The van der Waals surface area contributed by atoms with Crippen LogP contribution in [0.5, 0.6) is 0 Å². The van der Waals surface area contributed by atoms with E-state index in [2.05, 4.69) is 22.0 Å². The van der Waals surface area contributed by atoms with Crippen LogP contribution < -0.4 is 4.90 Å². The normalized spacial score (nSPS) is 28.0. The summed E-state index contributed by atoms with van der Waals surface area (Å²) in [4.78, 5) is 2.33. The summed E-state index contributed by atoms with van der Waals surface area (Å²) in [5.41, 5.74) is 0.